The number of hydrogen-bond donors (Lipinski definition) is 0. The van der Waals surface area contributed by atoms with Crippen LogP contribution in [-0.4, -0.2) is 29.5 Å². The van der Waals surface area contributed by atoms with E-state index in [2.05, 4.69) is 15.0 Å². The molecule has 0 atom stereocenters. The second kappa shape index (κ2) is 7.58. The van der Waals surface area contributed by atoms with Crippen LogP contribution in [0.4, 0.5) is 10.3 Å². The van der Waals surface area contributed by atoms with E-state index in [-0.39, 0.29) is 5.82 Å². The normalized spacial score (nSPS) is 14.9. The van der Waals surface area contributed by atoms with E-state index in [4.69, 9.17) is 4.52 Å². The number of nitrogens with zero attached hydrogens (tertiary/aromatic N) is 3. The Kier molecular flexibility index (Phi) is 4.99. The number of likely N-dealkylation sites (tertiary alicyclic amines) is 1. The smallest absolute Gasteiger partial charge is 0.252 e. The molecule has 3 aromatic rings. The summed E-state index contributed by atoms with van der Waals surface area (Å²) in [4.78, 5) is 6.56. The van der Waals surface area contributed by atoms with Crippen molar-refractivity contribution in [2.45, 2.75) is 32.1 Å². The van der Waals surface area contributed by atoms with Crippen molar-refractivity contribution in [1.82, 2.24) is 10.1 Å². The molecule has 5 heteroatoms. The summed E-state index contributed by atoms with van der Waals surface area (Å²) in [7, 11) is 0. The minimum Gasteiger partial charge on any atom is -0.362 e. The molecule has 0 N–H and O–H groups in total. The zero-order valence-corrected chi connectivity index (χ0v) is 16.2. The molecule has 2 heterocycles. The molecule has 0 spiro atoms. The van der Waals surface area contributed by atoms with Crippen LogP contribution in [0.1, 0.15) is 37.9 Å². The van der Waals surface area contributed by atoms with Crippen molar-refractivity contribution in [3.8, 4) is 11.1 Å². The fourth-order valence-electron chi connectivity index (χ4n) is 3.52. The highest BCUT2D eigenvalue weighted by Crippen LogP contribution is 2.35. The molecule has 0 amide bonds. The van der Waals surface area contributed by atoms with E-state index in [0.717, 1.165) is 29.9 Å². The van der Waals surface area contributed by atoms with E-state index in [1.165, 1.54) is 12.8 Å². The SMILES string of the molecule is CC(C)(c1ccc(-c2ccccc2)c(F)c1)c1cc(N=CN2CCCC2)on1. The van der Waals surface area contributed by atoms with Gasteiger partial charge in [0.05, 0.1) is 12.0 Å². The van der Waals surface area contributed by atoms with Gasteiger partial charge in [0.25, 0.3) is 5.88 Å². The standard InChI is InChI=1S/C23H24FN3O/c1-23(2,21-15-22(28-26-21)25-16-27-12-6-7-13-27)18-10-11-19(20(24)14-18)17-8-4-3-5-9-17/h3-5,8-11,14-16H,6-7,12-13H2,1-2H3. The molecule has 4 nitrogen and oxygen atoms in total. The molecule has 1 aliphatic rings. The van der Waals surface area contributed by atoms with Crippen LogP contribution in [0.2, 0.25) is 0 Å². The van der Waals surface area contributed by atoms with E-state index in [1.807, 2.05) is 68.7 Å². The third-order valence-electron chi connectivity index (χ3n) is 5.40. The largest absolute Gasteiger partial charge is 0.362 e. The van der Waals surface area contributed by atoms with E-state index in [9.17, 15) is 4.39 Å². The van der Waals surface area contributed by atoms with Gasteiger partial charge in [-0.3, -0.25) is 0 Å². The lowest BCUT2D eigenvalue weighted by Gasteiger charge is -2.23. The maximum absolute atomic E-state index is 14.8. The molecule has 0 radical (unpaired) electrons. The summed E-state index contributed by atoms with van der Waals surface area (Å²) in [5, 5.41) is 4.19. The molecule has 0 saturated carbocycles. The number of benzene rings is 2. The maximum atomic E-state index is 14.8. The average molecular weight is 377 g/mol. The number of rotatable bonds is 5. The van der Waals surface area contributed by atoms with Crippen molar-refractivity contribution in [3.05, 3.63) is 71.7 Å². The summed E-state index contributed by atoms with van der Waals surface area (Å²) in [6.45, 7) is 6.08. The molecular formula is C23H24FN3O. The lowest BCUT2D eigenvalue weighted by Crippen LogP contribution is -2.19. The second-order valence-electron chi connectivity index (χ2n) is 7.72. The summed E-state index contributed by atoms with van der Waals surface area (Å²) in [6.07, 6.45) is 4.22. The first-order chi connectivity index (χ1) is 13.5. The van der Waals surface area contributed by atoms with Crippen LogP contribution in [0.25, 0.3) is 11.1 Å². The highest BCUT2D eigenvalue weighted by Gasteiger charge is 2.28. The molecule has 1 fully saturated rings. The van der Waals surface area contributed by atoms with Gasteiger partial charge < -0.3 is 9.42 Å². The Morgan fingerprint density at radius 1 is 1.07 bits per heavy atom. The van der Waals surface area contributed by atoms with Crippen molar-refractivity contribution in [2.75, 3.05) is 13.1 Å². The van der Waals surface area contributed by atoms with Gasteiger partial charge in [0, 0.05) is 30.1 Å². The van der Waals surface area contributed by atoms with Crippen LogP contribution in [0.5, 0.6) is 0 Å². The Morgan fingerprint density at radius 2 is 1.82 bits per heavy atom. The fraction of sp³-hybridized carbons (Fsp3) is 0.304. The quantitative estimate of drug-likeness (QED) is 0.432. The zero-order valence-electron chi connectivity index (χ0n) is 16.2. The molecule has 28 heavy (non-hydrogen) atoms. The molecule has 1 aliphatic heterocycles. The van der Waals surface area contributed by atoms with Gasteiger partial charge in [-0.2, -0.15) is 0 Å². The third-order valence-corrected chi connectivity index (χ3v) is 5.40. The molecule has 0 bridgehead atoms. The zero-order chi connectivity index (χ0) is 19.6. The summed E-state index contributed by atoms with van der Waals surface area (Å²) in [5.41, 5.74) is 2.53. The van der Waals surface area contributed by atoms with E-state index < -0.39 is 5.41 Å². The monoisotopic (exact) mass is 377 g/mol. The topological polar surface area (TPSA) is 41.6 Å². The van der Waals surface area contributed by atoms with E-state index in [0.29, 0.717) is 11.4 Å². The summed E-state index contributed by atoms with van der Waals surface area (Å²) >= 11 is 0. The van der Waals surface area contributed by atoms with Crippen LogP contribution in [0.3, 0.4) is 0 Å². The highest BCUT2D eigenvalue weighted by atomic mass is 19.1. The van der Waals surface area contributed by atoms with Gasteiger partial charge in [-0.1, -0.05) is 61.5 Å². The Labute approximate surface area is 164 Å². The van der Waals surface area contributed by atoms with Crippen LogP contribution in [-0.2, 0) is 5.41 Å². The van der Waals surface area contributed by atoms with Crippen LogP contribution < -0.4 is 0 Å². The highest BCUT2D eigenvalue weighted by molar-refractivity contribution is 5.65. The average Bonchev–Trinajstić information content (AvgIpc) is 3.39. The predicted octanol–water partition coefficient (Wildman–Crippen LogP) is 5.56. The third kappa shape index (κ3) is 3.70. The van der Waals surface area contributed by atoms with E-state index in [1.54, 1.807) is 6.07 Å². The number of hydrogen-bond acceptors (Lipinski definition) is 3. The fourth-order valence-corrected chi connectivity index (χ4v) is 3.52. The van der Waals surface area contributed by atoms with Gasteiger partial charge in [-0.05, 0) is 30.0 Å². The molecule has 2 aromatic carbocycles. The van der Waals surface area contributed by atoms with Crippen LogP contribution >= 0.6 is 0 Å². The van der Waals surface area contributed by atoms with Crippen molar-refractivity contribution < 1.29 is 8.91 Å². The van der Waals surface area contributed by atoms with Crippen molar-refractivity contribution >= 4 is 12.2 Å². The number of aliphatic imine (C=N–C) groups is 1. The molecule has 4 rings (SSSR count). The van der Waals surface area contributed by atoms with E-state index >= 15 is 0 Å². The minimum atomic E-state index is -0.499. The Balaban J connectivity index is 1.57. The lowest BCUT2D eigenvalue weighted by molar-refractivity contribution is 0.405. The van der Waals surface area contributed by atoms with Crippen LogP contribution in [0.15, 0.2) is 64.1 Å². The number of aromatic nitrogens is 1. The first-order valence-corrected chi connectivity index (χ1v) is 9.65. The number of halogens is 1. The van der Waals surface area contributed by atoms with Crippen LogP contribution in [0, 0.1) is 5.82 Å². The minimum absolute atomic E-state index is 0.243. The molecule has 144 valence electrons. The Hall–Kier alpha value is -2.95. The summed E-state index contributed by atoms with van der Waals surface area (Å²) in [5.74, 6) is 0.226. The van der Waals surface area contributed by atoms with Crippen molar-refractivity contribution in [1.29, 1.82) is 0 Å². The van der Waals surface area contributed by atoms with Gasteiger partial charge in [-0.15, -0.1) is 0 Å². The van der Waals surface area contributed by atoms with Crippen molar-refractivity contribution in [2.24, 2.45) is 4.99 Å². The first kappa shape index (κ1) is 18.4. The first-order valence-electron chi connectivity index (χ1n) is 9.65. The molecule has 1 aromatic heterocycles. The molecule has 1 saturated heterocycles. The van der Waals surface area contributed by atoms with Gasteiger partial charge in [0.1, 0.15) is 5.82 Å². The summed E-state index contributed by atoms with van der Waals surface area (Å²) < 4.78 is 20.2. The lowest BCUT2D eigenvalue weighted by atomic mass is 9.81. The van der Waals surface area contributed by atoms with Gasteiger partial charge >= 0.3 is 0 Å². The molecule has 0 unspecified atom stereocenters. The maximum Gasteiger partial charge on any atom is 0.252 e. The summed E-state index contributed by atoms with van der Waals surface area (Å²) in [6, 6.07) is 16.8. The predicted molar refractivity (Wildman–Crippen MR) is 109 cm³/mol. The van der Waals surface area contributed by atoms with Crippen molar-refractivity contribution in [3.63, 3.8) is 0 Å². The van der Waals surface area contributed by atoms with Gasteiger partial charge in [0.15, 0.2) is 0 Å². The molecule has 0 aliphatic carbocycles. The Bertz CT molecular complexity index is 973. The second-order valence-corrected chi connectivity index (χ2v) is 7.72. The van der Waals surface area contributed by atoms with Gasteiger partial charge in [0.2, 0.25) is 0 Å². The van der Waals surface area contributed by atoms with Gasteiger partial charge in [-0.25, -0.2) is 9.38 Å². The Morgan fingerprint density at radius 3 is 2.54 bits per heavy atom. The molecular weight excluding hydrogens is 353 g/mol.